The molecule has 0 aliphatic heterocycles. The summed E-state index contributed by atoms with van der Waals surface area (Å²) < 4.78 is 10.6. The summed E-state index contributed by atoms with van der Waals surface area (Å²) in [7, 11) is 0. The van der Waals surface area contributed by atoms with Gasteiger partial charge in [0.1, 0.15) is 12.4 Å². The second-order valence-electron chi connectivity index (χ2n) is 5.49. The predicted molar refractivity (Wildman–Crippen MR) is 97.1 cm³/mol. The Kier molecular flexibility index (Phi) is 6.34. The molecule has 2 aromatic carbocycles. The van der Waals surface area contributed by atoms with Crippen LogP contribution in [0.3, 0.4) is 0 Å². The van der Waals surface area contributed by atoms with Crippen molar-refractivity contribution in [3.8, 4) is 5.75 Å². The van der Waals surface area contributed by atoms with E-state index in [0.717, 1.165) is 5.57 Å². The van der Waals surface area contributed by atoms with Crippen LogP contribution in [0.15, 0.2) is 60.7 Å². The molecular weight excluding hydrogens is 318 g/mol. The molecule has 0 aromatic heterocycles. The Labute approximate surface area is 147 Å². The Bertz CT molecular complexity index is 783. The van der Waals surface area contributed by atoms with Crippen LogP contribution < -0.4 is 10.1 Å². The number of hydrogen-bond donors (Lipinski definition) is 1. The molecule has 0 saturated carbocycles. The third kappa shape index (κ3) is 5.21. The molecule has 0 bridgehead atoms. The summed E-state index contributed by atoms with van der Waals surface area (Å²) in [6, 6.07) is 13.6. The van der Waals surface area contributed by atoms with Gasteiger partial charge in [0, 0.05) is 5.56 Å². The number of amides is 1. The number of esters is 1. The number of ether oxygens (including phenoxy) is 2. The summed E-state index contributed by atoms with van der Waals surface area (Å²) >= 11 is 0. The molecule has 0 heterocycles. The van der Waals surface area contributed by atoms with Gasteiger partial charge in [-0.3, -0.25) is 4.79 Å². The van der Waals surface area contributed by atoms with Gasteiger partial charge in [0.05, 0.1) is 17.9 Å². The molecule has 130 valence electrons. The van der Waals surface area contributed by atoms with E-state index < -0.39 is 5.97 Å². The van der Waals surface area contributed by atoms with E-state index in [1.54, 1.807) is 55.5 Å². The van der Waals surface area contributed by atoms with Crippen LogP contribution in [0.5, 0.6) is 5.75 Å². The molecule has 0 radical (unpaired) electrons. The van der Waals surface area contributed by atoms with Gasteiger partial charge in [-0.05, 0) is 49.8 Å². The van der Waals surface area contributed by atoms with Crippen molar-refractivity contribution in [2.24, 2.45) is 0 Å². The SMILES string of the molecule is C=C(C)COc1cccc(C(=O)Nc2ccccc2C(=O)OCC)c1. The quantitative estimate of drug-likeness (QED) is 0.610. The lowest BCUT2D eigenvalue weighted by molar-refractivity contribution is 0.0527. The maximum absolute atomic E-state index is 12.5. The minimum absolute atomic E-state index is 0.267. The molecule has 0 fully saturated rings. The van der Waals surface area contributed by atoms with Crippen LogP contribution in [0.25, 0.3) is 0 Å². The Hall–Kier alpha value is -3.08. The number of carbonyl (C=O) groups excluding carboxylic acids is 2. The minimum Gasteiger partial charge on any atom is -0.489 e. The number of hydrogen-bond acceptors (Lipinski definition) is 4. The summed E-state index contributed by atoms with van der Waals surface area (Å²) in [5, 5.41) is 2.75. The molecule has 5 heteroatoms. The molecule has 0 unspecified atom stereocenters. The molecule has 25 heavy (non-hydrogen) atoms. The topological polar surface area (TPSA) is 64.6 Å². The van der Waals surface area contributed by atoms with E-state index in [1.807, 2.05) is 6.92 Å². The smallest absolute Gasteiger partial charge is 0.340 e. The first kappa shape index (κ1) is 18.3. The van der Waals surface area contributed by atoms with Crippen molar-refractivity contribution >= 4 is 17.6 Å². The largest absolute Gasteiger partial charge is 0.489 e. The van der Waals surface area contributed by atoms with Crippen molar-refractivity contribution in [2.45, 2.75) is 13.8 Å². The number of nitrogens with one attached hydrogen (secondary N) is 1. The summed E-state index contributed by atoms with van der Waals surface area (Å²) in [6.45, 7) is 8.03. The van der Waals surface area contributed by atoms with E-state index in [-0.39, 0.29) is 12.5 Å². The fraction of sp³-hybridized carbons (Fsp3) is 0.200. The molecule has 0 saturated heterocycles. The zero-order valence-electron chi connectivity index (χ0n) is 14.4. The highest BCUT2D eigenvalue weighted by Crippen LogP contribution is 2.19. The lowest BCUT2D eigenvalue weighted by Crippen LogP contribution is -2.16. The van der Waals surface area contributed by atoms with Gasteiger partial charge in [-0.25, -0.2) is 4.79 Å². The van der Waals surface area contributed by atoms with Crippen molar-refractivity contribution < 1.29 is 19.1 Å². The Morgan fingerprint density at radius 2 is 1.88 bits per heavy atom. The van der Waals surface area contributed by atoms with Crippen molar-refractivity contribution in [2.75, 3.05) is 18.5 Å². The zero-order valence-corrected chi connectivity index (χ0v) is 14.4. The van der Waals surface area contributed by atoms with Crippen LogP contribution in [0.2, 0.25) is 0 Å². The number of anilines is 1. The van der Waals surface area contributed by atoms with E-state index in [9.17, 15) is 9.59 Å². The average molecular weight is 339 g/mol. The van der Waals surface area contributed by atoms with E-state index in [4.69, 9.17) is 9.47 Å². The monoisotopic (exact) mass is 339 g/mol. The van der Waals surface area contributed by atoms with Crippen molar-refractivity contribution in [1.82, 2.24) is 0 Å². The van der Waals surface area contributed by atoms with Crippen LogP contribution in [0.4, 0.5) is 5.69 Å². The van der Waals surface area contributed by atoms with Gasteiger partial charge >= 0.3 is 5.97 Å². The minimum atomic E-state index is -0.475. The molecule has 0 aliphatic rings. The highest BCUT2D eigenvalue weighted by atomic mass is 16.5. The molecule has 0 atom stereocenters. The fourth-order valence-electron chi connectivity index (χ4n) is 2.11. The molecule has 0 aliphatic carbocycles. The first-order valence-electron chi connectivity index (χ1n) is 7.96. The van der Waals surface area contributed by atoms with Crippen LogP contribution in [0.1, 0.15) is 34.6 Å². The second-order valence-corrected chi connectivity index (χ2v) is 5.49. The Morgan fingerprint density at radius 3 is 2.60 bits per heavy atom. The average Bonchev–Trinajstić information content (AvgIpc) is 2.61. The summed E-state index contributed by atoms with van der Waals surface area (Å²) in [6.07, 6.45) is 0. The summed E-state index contributed by atoms with van der Waals surface area (Å²) in [4.78, 5) is 24.5. The number of rotatable bonds is 7. The molecule has 5 nitrogen and oxygen atoms in total. The standard InChI is InChI=1S/C20H21NO4/c1-4-24-20(23)17-10-5-6-11-18(17)21-19(22)15-8-7-9-16(12-15)25-13-14(2)3/h5-12H,2,4,13H2,1,3H3,(H,21,22). The normalized spacial score (nSPS) is 10.0. The molecule has 0 spiro atoms. The maximum Gasteiger partial charge on any atom is 0.340 e. The van der Waals surface area contributed by atoms with Crippen LogP contribution in [-0.4, -0.2) is 25.1 Å². The van der Waals surface area contributed by atoms with E-state index in [0.29, 0.717) is 29.2 Å². The van der Waals surface area contributed by atoms with E-state index in [1.165, 1.54) is 0 Å². The molecule has 2 aromatic rings. The van der Waals surface area contributed by atoms with Crippen LogP contribution in [-0.2, 0) is 4.74 Å². The zero-order chi connectivity index (χ0) is 18.2. The van der Waals surface area contributed by atoms with Crippen molar-refractivity contribution in [1.29, 1.82) is 0 Å². The van der Waals surface area contributed by atoms with Gasteiger partial charge < -0.3 is 14.8 Å². The van der Waals surface area contributed by atoms with Gasteiger partial charge in [-0.2, -0.15) is 0 Å². The highest BCUT2D eigenvalue weighted by molar-refractivity contribution is 6.08. The Balaban J connectivity index is 2.16. The third-order valence-electron chi connectivity index (χ3n) is 3.25. The van der Waals surface area contributed by atoms with E-state index >= 15 is 0 Å². The number of benzene rings is 2. The summed E-state index contributed by atoms with van der Waals surface area (Å²) in [5.74, 6) is -0.233. The van der Waals surface area contributed by atoms with Gasteiger partial charge in [-0.1, -0.05) is 24.8 Å². The number of para-hydroxylation sites is 1. The van der Waals surface area contributed by atoms with E-state index in [2.05, 4.69) is 11.9 Å². The lowest BCUT2D eigenvalue weighted by Gasteiger charge is -2.11. The molecular formula is C20H21NO4. The van der Waals surface area contributed by atoms with Crippen LogP contribution in [0, 0.1) is 0 Å². The molecule has 2 rings (SSSR count). The van der Waals surface area contributed by atoms with Crippen molar-refractivity contribution in [3.63, 3.8) is 0 Å². The van der Waals surface area contributed by atoms with Gasteiger partial charge in [-0.15, -0.1) is 0 Å². The van der Waals surface area contributed by atoms with Gasteiger partial charge in [0.2, 0.25) is 0 Å². The molecule has 1 N–H and O–H groups in total. The Morgan fingerprint density at radius 1 is 1.12 bits per heavy atom. The third-order valence-corrected chi connectivity index (χ3v) is 3.25. The van der Waals surface area contributed by atoms with Gasteiger partial charge in [0.25, 0.3) is 5.91 Å². The maximum atomic E-state index is 12.5. The fourth-order valence-corrected chi connectivity index (χ4v) is 2.11. The summed E-state index contributed by atoms with van der Waals surface area (Å²) in [5.41, 5.74) is 2.03. The second kappa shape index (κ2) is 8.68. The first-order chi connectivity index (χ1) is 12.0. The lowest BCUT2D eigenvalue weighted by atomic mass is 10.1. The number of carbonyl (C=O) groups is 2. The van der Waals surface area contributed by atoms with Crippen LogP contribution >= 0.6 is 0 Å². The predicted octanol–water partition coefficient (Wildman–Crippen LogP) is 4.07. The van der Waals surface area contributed by atoms with Gasteiger partial charge in [0.15, 0.2) is 0 Å². The first-order valence-corrected chi connectivity index (χ1v) is 7.96. The molecule has 1 amide bonds. The van der Waals surface area contributed by atoms with Crippen molar-refractivity contribution in [3.05, 3.63) is 71.8 Å². The highest BCUT2D eigenvalue weighted by Gasteiger charge is 2.15.